The first-order valence-corrected chi connectivity index (χ1v) is 7.30. The normalized spacial score (nSPS) is 17.2. The van der Waals surface area contributed by atoms with Crippen LogP contribution in [-0.2, 0) is 0 Å². The van der Waals surface area contributed by atoms with Gasteiger partial charge in [0.05, 0.1) is 6.61 Å². The lowest BCUT2D eigenvalue weighted by atomic mass is 9.87. The number of rotatable bonds is 4. The second kappa shape index (κ2) is 5.41. The lowest BCUT2D eigenvalue weighted by Crippen LogP contribution is -2.38. The first-order chi connectivity index (χ1) is 10.1. The number of nitrogens with one attached hydrogen (secondary N) is 1. The summed E-state index contributed by atoms with van der Waals surface area (Å²) in [5.74, 6) is 0.0335. The van der Waals surface area contributed by atoms with Crippen molar-refractivity contribution in [3.05, 3.63) is 30.0 Å². The van der Waals surface area contributed by atoms with Crippen LogP contribution in [0.4, 0.5) is 5.69 Å². The Labute approximate surface area is 123 Å². The van der Waals surface area contributed by atoms with Crippen molar-refractivity contribution in [3.63, 3.8) is 0 Å². The van der Waals surface area contributed by atoms with Gasteiger partial charge < -0.3 is 20.6 Å². The van der Waals surface area contributed by atoms with E-state index in [4.69, 9.17) is 10.2 Å². The smallest absolute Gasteiger partial charge is 0.287 e. The molecule has 1 amide bonds. The summed E-state index contributed by atoms with van der Waals surface area (Å²) in [6.45, 7) is 0.603. The summed E-state index contributed by atoms with van der Waals surface area (Å²) in [4.78, 5) is 12.2. The number of carbonyl (C=O) groups is 1. The van der Waals surface area contributed by atoms with Gasteiger partial charge in [0.1, 0.15) is 5.58 Å². The minimum absolute atomic E-state index is 0.115. The molecule has 1 fully saturated rings. The zero-order valence-corrected chi connectivity index (χ0v) is 11.9. The van der Waals surface area contributed by atoms with Gasteiger partial charge in [-0.2, -0.15) is 0 Å². The number of nitrogen functional groups attached to an aromatic ring is 1. The number of aliphatic hydroxyl groups is 1. The van der Waals surface area contributed by atoms with E-state index in [0.29, 0.717) is 17.8 Å². The van der Waals surface area contributed by atoms with Crippen molar-refractivity contribution in [3.8, 4) is 0 Å². The van der Waals surface area contributed by atoms with E-state index < -0.39 is 0 Å². The van der Waals surface area contributed by atoms with E-state index in [1.165, 1.54) is 0 Å². The predicted molar refractivity (Wildman–Crippen MR) is 80.9 cm³/mol. The van der Waals surface area contributed by atoms with Crippen molar-refractivity contribution in [1.29, 1.82) is 0 Å². The quantitative estimate of drug-likeness (QED) is 0.753. The van der Waals surface area contributed by atoms with Gasteiger partial charge in [-0.05, 0) is 37.1 Å². The van der Waals surface area contributed by atoms with Gasteiger partial charge in [0.15, 0.2) is 5.76 Å². The molecule has 4 N–H and O–H groups in total. The molecule has 5 nitrogen and oxygen atoms in total. The summed E-state index contributed by atoms with van der Waals surface area (Å²) in [5, 5.41) is 13.3. The van der Waals surface area contributed by atoms with Crippen LogP contribution in [0.15, 0.2) is 28.7 Å². The number of fused-ring (bicyclic) bond motifs is 1. The number of furan rings is 1. The molecule has 0 atom stereocenters. The molecule has 5 heteroatoms. The molecule has 3 rings (SSSR count). The fraction of sp³-hybridized carbons (Fsp3) is 0.438. The Morgan fingerprint density at radius 3 is 2.81 bits per heavy atom. The van der Waals surface area contributed by atoms with E-state index in [9.17, 15) is 9.90 Å². The molecule has 0 spiro atoms. The molecule has 0 radical (unpaired) electrons. The minimum Gasteiger partial charge on any atom is -0.451 e. The predicted octanol–water partition coefficient (Wildman–Crippen LogP) is 2.30. The Balaban J connectivity index is 1.72. The van der Waals surface area contributed by atoms with Crippen LogP contribution >= 0.6 is 0 Å². The number of benzene rings is 1. The van der Waals surface area contributed by atoms with E-state index in [0.717, 1.165) is 31.1 Å². The maximum Gasteiger partial charge on any atom is 0.287 e. The first-order valence-electron chi connectivity index (χ1n) is 7.30. The molecule has 1 heterocycles. The van der Waals surface area contributed by atoms with E-state index in [-0.39, 0.29) is 23.7 Å². The Kier molecular flexibility index (Phi) is 3.59. The Hall–Kier alpha value is -2.01. The molecule has 1 aromatic heterocycles. The van der Waals surface area contributed by atoms with Crippen molar-refractivity contribution in [2.24, 2.45) is 5.41 Å². The highest BCUT2D eigenvalue weighted by Gasteiger charge is 2.33. The number of amides is 1. The summed E-state index contributed by atoms with van der Waals surface area (Å²) >= 11 is 0. The molecular formula is C16H20N2O3. The number of hydrogen-bond donors (Lipinski definition) is 3. The molecule has 1 saturated carbocycles. The van der Waals surface area contributed by atoms with Crippen LogP contribution in [0.25, 0.3) is 11.0 Å². The molecule has 21 heavy (non-hydrogen) atoms. The Morgan fingerprint density at radius 1 is 1.33 bits per heavy atom. The summed E-state index contributed by atoms with van der Waals surface area (Å²) in [6, 6.07) is 6.98. The SMILES string of the molecule is Nc1ccc2oc(C(=O)NCC3(CO)CCCC3)cc2c1. The fourth-order valence-electron chi connectivity index (χ4n) is 3.04. The molecule has 0 bridgehead atoms. The molecule has 2 aromatic rings. The fourth-order valence-corrected chi connectivity index (χ4v) is 3.04. The largest absolute Gasteiger partial charge is 0.451 e. The van der Waals surface area contributed by atoms with Crippen LogP contribution in [0.5, 0.6) is 0 Å². The minimum atomic E-state index is -0.246. The lowest BCUT2D eigenvalue weighted by Gasteiger charge is -2.26. The highest BCUT2D eigenvalue weighted by molar-refractivity contribution is 5.96. The van der Waals surface area contributed by atoms with Gasteiger partial charge in [-0.25, -0.2) is 0 Å². The van der Waals surface area contributed by atoms with Crippen LogP contribution in [0.1, 0.15) is 36.2 Å². The third kappa shape index (κ3) is 2.74. The summed E-state index contributed by atoms with van der Waals surface area (Å²) in [6.07, 6.45) is 4.14. The van der Waals surface area contributed by atoms with Gasteiger partial charge in [0.2, 0.25) is 0 Å². The molecule has 1 aliphatic carbocycles. The topological polar surface area (TPSA) is 88.5 Å². The van der Waals surface area contributed by atoms with Crippen molar-refractivity contribution in [2.45, 2.75) is 25.7 Å². The van der Waals surface area contributed by atoms with Crippen LogP contribution in [0, 0.1) is 5.41 Å². The van der Waals surface area contributed by atoms with Crippen LogP contribution < -0.4 is 11.1 Å². The van der Waals surface area contributed by atoms with Gasteiger partial charge in [0.25, 0.3) is 5.91 Å². The average molecular weight is 288 g/mol. The molecule has 1 aliphatic rings. The molecule has 112 valence electrons. The van der Waals surface area contributed by atoms with Crippen LogP contribution in [0.3, 0.4) is 0 Å². The summed E-state index contributed by atoms with van der Waals surface area (Å²) in [5.41, 5.74) is 6.84. The summed E-state index contributed by atoms with van der Waals surface area (Å²) in [7, 11) is 0. The molecule has 0 saturated heterocycles. The zero-order chi connectivity index (χ0) is 14.9. The standard InChI is InChI=1S/C16H20N2O3/c17-12-3-4-13-11(7-12)8-14(21-13)15(20)18-9-16(10-19)5-1-2-6-16/h3-4,7-8,19H,1-2,5-6,9-10,17H2,(H,18,20). The molecule has 0 unspecified atom stereocenters. The van der Waals surface area contributed by atoms with E-state index in [2.05, 4.69) is 5.32 Å². The lowest BCUT2D eigenvalue weighted by molar-refractivity contribution is 0.0857. The van der Waals surface area contributed by atoms with Crippen molar-refractivity contribution in [1.82, 2.24) is 5.32 Å². The molecule has 1 aromatic carbocycles. The highest BCUT2D eigenvalue weighted by atomic mass is 16.3. The number of nitrogens with two attached hydrogens (primary N) is 1. The Bertz CT molecular complexity index is 657. The maximum absolute atomic E-state index is 12.2. The molecular weight excluding hydrogens is 268 g/mol. The highest BCUT2D eigenvalue weighted by Crippen LogP contribution is 2.37. The zero-order valence-electron chi connectivity index (χ0n) is 11.9. The third-order valence-electron chi connectivity index (χ3n) is 4.39. The number of hydrogen-bond acceptors (Lipinski definition) is 4. The molecule has 0 aliphatic heterocycles. The van der Waals surface area contributed by atoms with Crippen molar-refractivity contribution in [2.75, 3.05) is 18.9 Å². The average Bonchev–Trinajstić information content (AvgIpc) is 3.11. The van der Waals surface area contributed by atoms with Gasteiger partial charge in [-0.1, -0.05) is 12.8 Å². The van der Waals surface area contributed by atoms with Crippen LogP contribution in [-0.4, -0.2) is 24.2 Å². The van der Waals surface area contributed by atoms with Gasteiger partial charge >= 0.3 is 0 Å². The van der Waals surface area contributed by atoms with E-state index in [1.54, 1.807) is 24.3 Å². The van der Waals surface area contributed by atoms with Gasteiger partial charge in [-0.3, -0.25) is 4.79 Å². The van der Waals surface area contributed by atoms with E-state index >= 15 is 0 Å². The Morgan fingerprint density at radius 2 is 2.10 bits per heavy atom. The van der Waals surface area contributed by atoms with Crippen LogP contribution in [0.2, 0.25) is 0 Å². The maximum atomic E-state index is 12.2. The third-order valence-corrected chi connectivity index (χ3v) is 4.39. The second-order valence-corrected chi connectivity index (χ2v) is 5.96. The monoisotopic (exact) mass is 288 g/mol. The van der Waals surface area contributed by atoms with E-state index in [1.807, 2.05) is 0 Å². The van der Waals surface area contributed by atoms with Gasteiger partial charge in [-0.15, -0.1) is 0 Å². The summed E-state index contributed by atoms with van der Waals surface area (Å²) < 4.78 is 5.54. The van der Waals surface area contributed by atoms with Crippen molar-refractivity contribution >= 4 is 22.6 Å². The number of aliphatic hydroxyl groups excluding tert-OH is 1. The first kappa shape index (κ1) is 13.9. The van der Waals surface area contributed by atoms with Crippen molar-refractivity contribution < 1.29 is 14.3 Å². The second-order valence-electron chi connectivity index (χ2n) is 5.96. The van der Waals surface area contributed by atoms with Gasteiger partial charge in [0, 0.05) is 23.0 Å². The number of anilines is 1. The number of carbonyl (C=O) groups excluding carboxylic acids is 1.